The van der Waals surface area contributed by atoms with Crippen molar-refractivity contribution in [2.24, 2.45) is 0 Å². The molecular weight excluding hydrogens is 336 g/mol. The molecule has 0 atom stereocenters. The van der Waals surface area contributed by atoms with Gasteiger partial charge >= 0.3 is 6.09 Å². The van der Waals surface area contributed by atoms with E-state index in [2.05, 4.69) is 40.6 Å². The molecule has 1 heterocycles. The molecule has 0 aliphatic rings. The number of carbonyl (C=O) groups is 1. The number of nitrogens with one attached hydrogen (secondary N) is 2. The molecule has 0 aliphatic heterocycles. The highest BCUT2D eigenvalue weighted by atomic mass is 16.5. The fraction of sp³-hybridized carbons (Fsp3) is 0.0870. The number of hydrogen-bond donors (Lipinski definition) is 2. The Balaban J connectivity index is 1.33. The third-order valence-electron chi connectivity index (χ3n) is 4.42. The fourth-order valence-corrected chi connectivity index (χ4v) is 3.09. The standard InChI is InChI=1S/C23H20N2O2/c26-23(27-16-18-7-2-1-3-8-18)24-14-6-9-17-12-13-20-19-10-4-5-11-21(19)25-22(20)15-17/h1-13,15,25H,14,16H2,(H,24,26). The van der Waals surface area contributed by atoms with Gasteiger partial charge in [0.2, 0.25) is 0 Å². The van der Waals surface area contributed by atoms with E-state index in [9.17, 15) is 4.79 Å². The van der Waals surface area contributed by atoms with Crippen molar-refractivity contribution in [2.45, 2.75) is 6.61 Å². The van der Waals surface area contributed by atoms with Crippen molar-refractivity contribution >= 4 is 34.0 Å². The quantitative estimate of drug-likeness (QED) is 0.512. The lowest BCUT2D eigenvalue weighted by Crippen LogP contribution is -2.24. The number of amides is 1. The predicted octanol–water partition coefficient (Wildman–Crippen LogP) is 5.26. The van der Waals surface area contributed by atoms with Gasteiger partial charge in [0.25, 0.3) is 0 Å². The number of alkyl carbamates (subject to hydrolysis) is 1. The lowest BCUT2D eigenvalue weighted by molar-refractivity contribution is 0.141. The van der Waals surface area contributed by atoms with Crippen LogP contribution in [-0.4, -0.2) is 17.6 Å². The molecule has 3 aromatic carbocycles. The Kier molecular flexibility index (Phi) is 4.88. The molecule has 1 amide bonds. The van der Waals surface area contributed by atoms with E-state index in [0.717, 1.165) is 22.2 Å². The Labute approximate surface area is 157 Å². The van der Waals surface area contributed by atoms with E-state index in [0.29, 0.717) is 6.54 Å². The smallest absolute Gasteiger partial charge is 0.407 e. The van der Waals surface area contributed by atoms with Gasteiger partial charge in [0.1, 0.15) is 6.61 Å². The first-order valence-corrected chi connectivity index (χ1v) is 8.91. The normalized spacial score (nSPS) is 11.3. The molecule has 134 valence electrons. The molecule has 4 aromatic rings. The largest absolute Gasteiger partial charge is 0.445 e. The summed E-state index contributed by atoms with van der Waals surface area (Å²) in [6.07, 6.45) is 3.48. The van der Waals surface area contributed by atoms with Crippen molar-refractivity contribution in [1.29, 1.82) is 0 Å². The number of H-pyrrole nitrogens is 1. The molecule has 0 spiro atoms. The van der Waals surface area contributed by atoms with Crippen LogP contribution in [0.15, 0.2) is 78.9 Å². The first-order chi connectivity index (χ1) is 13.3. The minimum Gasteiger partial charge on any atom is -0.445 e. The van der Waals surface area contributed by atoms with Gasteiger partial charge in [-0.1, -0.05) is 72.8 Å². The van der Waals surface area contributed by atoms with Crippen molar-refractivity contribution in [1.82, 2.24) is 10.3 Å². The van der Waals surface area contributed by atoms with Gasteiger partial charge in [0, 0.05) is 28.4 Å². The van der Waals surface area contributed by atoms with E-state index in [-0.39, 0.29) is 6.61 Å². The van der Waals surface area contributed by atoms with E-state index in [1.54, 1.807) is 0 Å². The molecule has 2 N–H and O–H groups in total. The number of fused-ring (bicyclic) bond motifs is 3. The van der Waals surface area contributed by atoms with Crippen molar-refractivity contribution in [3.05, 3.63) is 90.0 Å². The number of benzene rings is 3. The van der Waals surface area contributed by atoms with Crippen LogP contribution in [0.3, 0.4) is 0 Å². The Hall–Kier alpha value is -3.53. The minimum atomic E-state index is -0.422. The van der Waals surface area contributed by atoms with Gasteiger partial charge < -0.3 is 15.0 Å². The average Bonchev–Trinajstić information content (AvgIpc) is 3.08. The summed E-state index contributed by atoms with van der Waals surface area (Å²) in [5, 5.41) is 5.17. The number of ether oxygens (including phenoxy) is 1. The zero-order valence-electron chi connectivity index (χ0n) is 14.8. The summed E-state index contributed by atoms with van der Waals surface area (Å²) in [5.41, 5.74) is 4.29. The van der Waals surface area contributed by atoms with Crippen LogP contribution in [0, 0.1) is 0 Å². The van der Waals surface area contributed by atoms with Gasteiger partial charge in [-0.3, -0.25) is 0 Å². The maximum absolute atomic E-state index is 11.7. The van der Waals surface area contributed by atoms with Crippen molar-refractivity contribution in [2.75, 3.05) is 6.54 Å². The van der Waals surface area contributed by atoms with Crippen LogP contribution in [0.2, 0.25) is 0 Å². The number of aromatic amines is 1. The predicted molar refractivity (Wildman–Crippen MR) is 109 cm³/mol. The number of carbonyl (C=O) groups excluding carboxylic acids is 1. The number of hydrogen-bond acceptors (Lipinski definition) is 2. The van der Waals surface area contributed by atoms with Crippen LogP contribution in [0.25, 0.3) is 27.9 Å². The lowest BCUT2D eigenvalue weighted by Gasteiger charge is -2.05. The number of para-hydroxylation sites is 1. The van der Waals surface area contributed by atoms with E-state index in [1.807, 2.05) is 54.6 Å². The Morgan fingerprint density at radius 3 is 2.59 bits per heavy atom. The summed E-state index contributed by atoms with van der Waals surface area (Å²) in [6.45, 7) is 0.686. The summed E-state index contributed by atoms with van der Waals surface area (Å²) in [7, 11) is 0. The molecule has 1 aromatic heterocycles. The average molecular weight is 356 g/mol. The minimum absolute atomic E-state index is 0.271. The van der Waals surface area contributed by atoms with Gasteiger partial charge in [-0.25, -0.2) is 4.79 Å². The first-order valence-electron chi connectivity index (χ1n) is 8.91. The Morgan fingerprint density at radius 1 is 0.926 bits per heavy atom. The molecule has 4 nitrogen and oxygen atoms in total. The highest BCUT2D eigenvalue weighted by molar-refractivity contribution is 6.07. The van der Waals surface area contributed by atoms with Crippen molar-refractivity contribution < 1.29 is 9.53 Å². The van der Waals surface area contributed by atoms with Crippen LogP contribution >= 0.6 is 0 Å². The van der Waals surface area contributed by atoms with Gasteiger partial charge in [-0.05, 0) is 23.3 Å². The van der Waals surface area contributed by atoms with E-state index in [4.69, 9.17) is 4.74 Å². The monoisotopic (exact) mass is 356 g/mol. The SMILES string of the molecule is O=C(NCC=Cc1ccc2c(c1)[nH]c1ccccc12)OCc1ccccc1. The molecule has 4 heteroatoms. The van der Waals surface area contributed by atoms with Crippen LogP contribution in [0.4, 0.5) is 4.79 Å². The van der Waals surface area contributed by atoms with Crippen molar-refractivity contribution in [3.8, 4) is 0 Å². The van der Waals surface area contributed by atoms with Crippen LogP contribution in [0.1, 0.15) is 11.1 Å². The summed E-state index contributed by atoms with van der Waals surface area (Å²) >= 11 is 0. The second-order valence-electron chi connectivity index (χ2n) is 6.32. The zero-order valence-corrected chi connectivity index (χ0v) is 14.8. The molecule has 27 heavy (non-hydrogen) atoms. The zero-order chi connectivity index (χ0) is 18.5. The van der Waals surface area contributed by atoms with Gasteiger partial charge in [0.05, 0.1) is 0 Å². The maximum Gasteiger partial charge on any atom is 0.407 e. The third kappa shape index (κ3) is 4.01. The second-order valence-corrected chi connectivity index (χ2v) is 6.32. The van der Waals surface area contributed by atoms with Gasteiger partial charge in [-0.15, -0.1) is 0 Å². The second kappa shape index (κ2) is 7.79. The summed E-state index contributed by atoms with van der Waals surface area (Å²) < 4.78 is 5.18. The molecule has 0 aliphatic carbocycles. The van der Waals surface area contributed by atoms with E-state index >= 15 is 0 Å². The van der Waals surface area contributed by atoms with Crippen LogP contribution in [-0.2, 0) is 11.3 Å². The summed E-state index contributed by atoms with van der Waals surface area (Å²) in [6, 6.07) is 24.2. The maximum atomic E-state index is 11.7. The van der Waals surface area contributed by atoms with Crippen LogP contribution in [0.5, 0.6) is 0 Å². The van der Waals surface area contributed by atoms with Gasteiger partial charge in [0.15, 0.2) is 0 Å². The fourth-order valence-electron chi connectivity index (χ4n) is 3.09. The molecular formula is C23H20N2O2. The third-order valence-corrected chi connectivity index (χ3v) is 4.42. The molecule has 0 unspecified atom stereocenters. The van der Waals surface area contributed by atoms with Crippen LogP contribution < -0.4 is 5.32 Å². The molecule has 0 radical (unpaired) electrons. The Morgan fingerprint density at radius 2 is 1.70 bits per heavy atom. The van der Waals surface area contributed by atoms with E-state index in [1.165, 1.54) is 10.8 Å². The number of aromatic nitrogens is 1. The summed E-state index contributed by atoms with van der Waals surface area (Å²) in [5.74, 6) is 0. The molecule has 0 saturated carbocycles. The molecule has 0 fully saturated rings. The van der Waals surface area contributed by atoms with E-state index < -0.39 is 6.09 Å². The Bertz CT molecular complexity index is 1100. The number of rotatable bonds is 5. The molecule has 0 saturated heterocycles. The molecule has 0 bridgehead atoms. The summed E-state index contributed by atoms with van der Waals surface area (Å²) in [4.78, 5) is 15.2. The van der Waals surface area contributed by atoms with Crippen molar-refractivity contribution in [3.63, 3.8) is 0 Å². The van der Waals surface area contributed by atoms with Gasteiger partial charge in [-0.2, -0.15) is 0 Å². The topological polar surface area (TPSA) is 54.1 Å². The lowest BCUT2D eigenvalue weighted by atomic mass is 10.1. The molecule has 4 rings (SSSR count). The first kappa shape index (κ1) is 16.9. The highest BCUT2D eigenvalue weighted by Gasteiger charge is 2.03. The highest BCUT2D eigenvalue weighted by Crippen LogP contribution is 2.26.